The van der Waals surface area contributed by atoms with Crippen molar-refractivity contribution in [1.29, 1.82) is 0 Å². The summed E-state index contributed by atoms with van der Waals surface area (Å²) in [5, 5.41) is 2.17. The minimum Gasteiger partial charge on any atom is 0 e. The number of benzene rings is 6. The van der Waals surface area contributed by atoms with Crippen LogP contribution in [-0.2, 0) is 31.9 Å². The second-order valence-electron chi connectivity index (χ2n) is 17.6. The van der Waals surface area contributed by atoms with Gasteiger partial charge in [-0.05, 0) is 34.7 Å². The van der Waals surface area contributed by atoms with Gasteiger partial charge in [0.15, 0.2) is 0 Å². The molecule has 0 N–H and O–H groups in total. The van der Waals surface area contributed by atoms with Gasteiger partial charge in [0.05, 0.1) is 28.1 Å². The Labute approximate surface area is 365 Å². The molecule has 0 fully saturated rings. The van der Waals surface area contributed by atoms with Crippen LogP contribution in [0.5, 0.6) is 0 Å². The molecular formula is C53H51GeIrN3O-2. The molecule has 1 radical (unpaired) electrons. The summed E-state index contributed by atoms with van der Waals surface area (Å²) in [6, 6.07) is 55.0. The smallest absolute Gasteiger partial charge is 0 e. The first-order chi connectivity index (χ1) is 27.9. The van der Waals surface area contributed by atoms with Crippen molar-refractivity contribution in [3.05, 3.63) is 169 Å². The molecule has 4 nitrogen and oxygen atoms in total. The molecule has 0 unspecified atom stereocenters. The molecule has 0 amide bonds. The fourth-order valence-electron chi connectivity index (χ4n) is 8.00. The molecule has 0 spiro atoms. The number of aromatic nitrogens is 3. The number of nitrogens with zero attached hydrogens (tertiary/aromatic N) is 3. The first-order valence-corrected chi connectivity index (χ1v) is 27.7. The molecule has 3 heterocycles. The van der Waals surface area contributed by atoms with Gasteiger partial charge >= 0.3 is 126 Å². The van der Waals surface area contributed by atoms with E-state index >= 15 is 0 Å². The van der Waals surface area contributed by atoms with Gasteiger partial charge in [-0.25, -0.2) is 0 Å². The Morgan fingerprint density at radius 3 is 2.20 bits per heavy atom. The van der Waals surface area contributed by atoms with Crippen molar-refractivity contribution in [2.45, 2.75) is 63.7 Å². The van der Waals surface area contributed by atoms with Crippen LogP contribution in [0.1, 0.15) is 45.7 Å². The van der Waals surface area contributed by atoms with Crippen LogP contribution in [0.2, 0.25) is 17.3 Å². The predicted molar refractivity (Wildman–Crippen MR) is 247 cm³/mol. The molecule has 0 aliphatic carbocycles. The fraction of sp³-hybridized carbons (Fsp3) is 0.208. The summed E-state index contributed by atoms with van der Waals surface area (Å²) in [6.45, 7) is 11.4. The molecule has 59 heavy (non-hydrogen) atoms. The Balaban J connectivity index is 0.000000214. The zero-order valence-electron chi connectivity index (χ0n) is 35.2. The quantitative estimate of drug-likeness (QED) is 0.118. The summed E-state index contributed by atoms with van der Waals surface area (Å²) < 4.78 is 10.3. The molecule has 0 bridgehead atoms. The van der Waals surface area contributed by atoms with Crippen molar-refractivity contribution < 1.29 is 24.5 Å². The molecular weight excluding hydrogens is 959 g/mol. The van der Waals surface area contributed by atoms with E-state index in [4.69, 9.17) is 14.4 Å². The van der Waals surface area contributed by atoms with Crippen molar-refractivity contribution in [2.24, 2.45) is 5.92 Å². The van der Waals surface area contributed by atoms with Gasteiger partial charge in [0.1, 0.15) is 5.58 Å². The minimum atomic E-state index is -1.86. The number of fused-ring (bicyclic) bond motifs is 4. The number of hydrogen-bond acceptors (Lipinski definition) is 3. The normalized spacial score (nSPS) is 11.8. The van der Waals surface area contributed by atoms with Crippen LogP contribution in [-0.4, -0.2) is 27.8 Å². The zero-order chi connectivity index (χ0) is 40.6. The van der Waals surface area contributed by atoms with Gasteiger partial charge in [-0.2, -0.15) is 0 Å². The van der Waals surface area contributed by atoms with Crippen LogP contribution in [0.3, 0.4) is 0 Å². The molecule has 9 rings (SSSR count). The van der Waals surface area contributed by atoms with E-state index in [1.54, 1.807) is 4.40 Å². The van der Waals surface area contributed by atoms with Gasteiger partial charge in [0.2, 0.25) is 0 Å². The van der Waals surface area contributed by atoms with Crippen molar-refractivity contribution in [3.63, 3.8) is 0 Å². The SMILES string of the molecule is CC(C)(C)c1cccc(-c2ccccc2)c1-n1c(-c2[c-]ccc3c2oc2ccccc23)nc2ccccc21.CC(C)Cc1cc(-c2[c-]cccc2)nc[c]1[Ge]([CH3])([CH3])[CH3].[Ir]. The largest absolute Gasteiger partial charge is 0 e. The Bertz CT molecular complexity index is 2860. The van der Waals surface area contributed by atoms with Gasteiger partial charge in [0.25, 0.3) is 0 Å². The maximum atomic E-state index is 6.45. The van der Waals surface area contributed by atoms with E-state index in [0.29, 0.717) is 5.92 Å². The topological polar surface area (TPSA) is 43.9 Å². The van der Waals surface area contributed by atoms with Crippen molar-refractivity contribution in [1.82, 2.24) is 14.5 Å². The molecule has 0 aliphatic rings. The molecule has 6 aromatic carbocycles. The summed E-state index contributed by atoms with van der Waals surface area (Å²) in [7, 11) is 0. The monoisotopic (exact) mass is 1010 g/mol. The maximum absolute atomic E-state index is 6.45. The number of rotatable bonds is 7. The van der Waals surface area contributed by atoms with Gasteiger partial charge in [0, 0.05) is 31.1 Å². The van der Waals surface area contributed by atoms with Crippen molar-refractivity contribution >= 4 is 50.6 Å². The average Bonchev–Trinajstić information content (AvgIpc) is 3.79. The van der Waals surface area contributed by atoms with Gasteiger partial charge in [-0.15, -0.1) is 18.2 Å². The molecule has 9 aromatic rings. The van der Waals surface area contributed by atoms with Gasteiger partial charge in [-0.3, -0.25) is 4.98 Å². The van der Waals surface area contributed by atoms with Crippen LogP contribution in [0.25, 0.3) is 72.4 Å². The molecule has 6 heteroatoms. The molecule has 0 saturated carbocycles. The Morgan fingerprint density at radius 1 is 0.746 bits per heavy atom. The molecule has 3 aromatic heterocycles. The summed E-state index contributed by atoms with van der Waals surface area (Å²) in [5.74, 6) is 8.82. The average molecular weight is 1010 g/mol. The molecule has 299 valence electrons. The zero-order valence-corrected chi connectivity index (χ0v) is 39.7. The van der Waals surface area contributed by atoms with E-state index in [1.165, 1.54) is 22.3 Å². The van der Waals surface area contributed by atoms with Gasteiger partial charge in [-0.1, -0.05) is 111 Å². The number of imidazole rings is 1. The third-order valence-electron chi connectivity index (χ3n) is 10.7. The van der Waals surface area contributed by atoms with E-state index in [1.807, 2.05) is 42.5 Å². The third-order valence-corrected chi connectivity index (χ3v) is 15.0. The standard InChI is InChI=1S/C35H27N2O.C18H24GeN.Ir/c1-35(2,3)28-19-12-16-24(23-13-5-4-6-14-23)32(28)37-30-21-9-8-20-29(30)36-34(37)27-18-11-17-26-25-15-7-10-22-31(25)38-33(26)27;1-14(2)11-16-12-18(15-9-7-6-8-10-15)20-13-17(16)19(3,4)5;/h4-17,19-22H,1-3H3;6-9,12-14H,11H2,1-5H3;/q2*-1;. The second-order valence-corrected chi connectivity index (χ2v) is 28.2. The van der Waals surface area contributed by atoms with Gasteiger partial charge < -0.3 is 8.98 Å². The summed E-state index contributed by atoms with van der Waals surface area (Å²) in [4.78, 5) is 9.91. The summed E-state index contributed by atoms with van der Waals surface area (Å²) >= 11 is -1.86. The molecule has 0 saturated heterocycles. The Hall–Kier alpha value is -5.07. The van der Waals surface area contributed by atoms with Crippen molar-refractivity contribution in [2.75, 3.05) is 0 Å². The van der Waals surface area contributed by atoms with Crippen LogP contribution < -0.4 is 4.40 Å². The van der Waals surface area contributed by atoms with E-state index in [0.717, 1.165) is 67.7 Å². The Kier molecular flexibility index (Phi) is 12.3. The van der Waals surface area contributed by atoms with Crippen LogP contribution in [0.15, 0.2) is 150 Å². The summed E-state index contributed by atoms with van der Waals surface area (Å²) in [5.41, 5.74) is 12.8. The van der Waals surface area contributed by atoms with Crippen LogP contribution in [0.4, 0.5) is 0 Å². The minimum absolute atomic E-state index is 0. The third kappa shape index (κ3) is 8.66. The second kappa shape index (κ2) is 17.3. The maximum Gasteiger partial charge on any atom is 0 e. The number of hydrogen-bond donors (Lipinski definition) is 0. The number of para-hydroxylation sites is 4. The van der Waals surface area contributed by atoms with Crippen LogP contribution in [0, 0.1) is 18.1 Å². The predicted octanol–water partition coefficient (Wildman–Crippen LogP) is 13.6. The molecule has 0 atom stereocenters. The van der Waals surface area contributed by atoms with E-state index in [2.05, 4.69) is 172 Å². The number of pyridine rings is 1. The van der Waals surface area contributed by atoms with Crippen LogP contribution >= 0.6 is 0 Å². The van der Waals surface area contributed by atoms with E-state index in [-0.39, 0.29) is 25.5 Å². The van der Waals surface area contributed by atoms with E-state index in [9.17, 15) is 0 Å². The van der Waals surface area contributed by atoms with Crippen molar-refractivity contribution in [3.8, 4) is 39.5 Å². The molecule has 0 aliphatic heterocycles. The first-order valence-electron chi connectivity index (χ1n) is 20.3. The Morgan fingerprint density at radius 2 is 1.47 bits per heavy atom. The van der Waals surface area contributed by atoms with E-state index < -0.39 is 13.3 Å². The first kappa shape index (κ1) is 42.1. The fourth-order valence-corrected chi connectivity index (χ4v) is 11.3. The number of furan rings is 1. The summed E-state index contributed by atoms with van der Waals surface area (Å²) in [6.07, 6.45) is 3.27.